The predicted molar refractivity (Wildman–Crippen MR) is 81.3 cm³/mol. The molecule has 1 aromatic heterocycles. The normalized spacial score (nSPS) is 10.8. The minimum Gasteiger partial charge on any atom is -0.455 e. The fourth-order valence-electron chi connectivity index (χ4n) is 1.39. The molecule has 2 aromatic rings. The van der Waals surface area contributed by atoms with Gasteiger partial charge >= 0.3 is 0 Å². The van der Waals surface area contributed by atoms with Gasteiger partial charge in [0.05, 0.1) is 6.21 Å². The van der Waals surface area contributed by atoms with Crippen molar-refractivity contribution in [1.29, 1.82) is 0 Å². The van der Waals surface area contributed by atoms with Crippen LogP contribution in [0.4, 0.5) is 0 Å². The van der Waals surface area contributed by atoms with Crippen LogP contribution in [-0.4, -0.2) is 23.4 Å². The number of hydrogen-bond acceptors (Lipinski definition) is 3. The SMILES string of the molecule is CN(N=Cc1ccc(-c2ccc(Cl)cc2)o1)C(N)=S. The lowest BCUT2D eigenvalue weighted by molar-refractivity contribution is 0.540. The van der Waals surface area contributed by atoms with Gasteiger partial charge in [0.25, 0.3) is 0 Å². The Morgan fingerprint density at radius 3 is 2.63 bits per heavy atom. The number of thiocarbonyl (C=S) groups is 1. The Morgan fingerprint density at radius 2 is 2.00 bits per heavy atom. The molecule has 2 N–H and O–H groups in total. The van der Waals surface area contributed by atoms with Gasteiger partial charge in [-0.2, -0.15) is 5.10 Å². The molecule has 0 spiro atoms. The van der Waals surface area contributed by atoms with Crippen molar-refractivity contribution in [3.05, 3.63) is 47.2 Å². The van der Waals surface area contributed by atoms with Crippen LogP contribution in [0.15, 0.2) is 45.9 Å². The van der Waals surface area contributed by atoms with Crippen molar-refractivity contribution in [2.75, 3.05) is 7.05 Å². The molecule has 0 saturated carbocycles. The average molecular weight is 294 g/mol. The van der Waals surface area contributed by atoms with Gasteiger partial charge in [0, 0.05) is 17.6 Å². The van der Waals surface area contributed by atoms with E-state index >= 15 is 0 Å². The number of halogens is 1. The fraction of sp³-hybridized carbons (Fsp3) is 0.0769. The summed E-state index contributed by atoms with van der Waals surface area (Å²) in [6.07, 6.45) is 1.55. The summed E-state index contributed by atoms with van der Waals surface area (Å²) in [7, 11) is 1.67. The van der Waals surface area contributed by atoms with Crippen molar-refractivity contribution in [2.45, 2.75) is 0 Å². The summed E-state index contributed by atoms with van der Waals surface area (Å²) in [4.78, 5) is 0. The van der Waals surface area contributed by atoms with Gasteiger partial charge < -0.3 is 10.2 Å². The summed E-state index contributed by atoms with van der Waals surface area (Å²) < 4.78 is 5.64. The topological polar surface area (TPSA) is 54.8 Å². The summed E-state index contributed by atoms with van der Waals surface area (Å²) in [6, 6.07) is 11.1. The van der Waals surface area contributed by atoms with Crippen molar-refractivity contribution in [1.82, 2.24) is 5.01 Å². The second-order valence-electron chi connectivity index (χ2n) is 3.82. The van der Waals surface area contributed by atoms with Crippen molar-refractivity contribution >= 4 is 35.1 Å². The molecule has 19 heavy (non-hydrogen) atoms. The fourth-order valence-corrected chi connectivity index (χ4v) is 1.57. The lowest BCUT2D eigenvalue weighted by Gasteiger charge is -2.07. The van der Waals surface area contributed by atoms with Gasteiger partial charge in [-0.1, -0.05) is 11.6 Å². The molecular weight excluding hydrogens is 282 g/mol. The number of hydrogen-bond donors (Lipinski definition) is 1. The number of hydrazone groups is 1. The summed E-state index contributed by atoms with van der Waals surface area (Å²) in [5.74, 6) is 1.36. The first-order valence-electron chi connectivity index (χ1n) is 5.49. The Bertz CT molecular complexity index is 607. The molecule has 1 aromatic carbocycles. The van der Waals surface area contributed by atoms with E-state index in [1.165, 1.54) is 5.01 Å². The molecule has 0 bridgehead atoms. The van der Waals surface area contributed by atoms with Crippen LogP contribution in [0, 0.1) is 0 Å². The van der Waals surface area contributed by atoms with Crippen LogP contribution in [0.1, 0.15) is 5.76 Å². The molecule has 0 aliphatic heterocycles. The number of rotatable bonds is 3. The van der Waals surface area contributed by atoms with Gasteiger partial charge in [-0.3, -0.25) is 0 Å². The Morgan fingerprint density at radius 1 is 1.32 bits per heavy atom. The van der Waals surface area contributed by atoms with E-state index < -0.39 is 0 Å². The number of nitrogens with two attached hydrogens (primary N) is 1. The van der Waals surface area contributed by atoms with Crippen molar-refractivity contribution < 1.29 is 4.42 Å². The van der Waals surface area contributed by atoms with Crippen LogP contribution in [0.3, 0.4) is 0 Å². The summed E-state index contributed by atoms with van der Waals surface area (Å²) >= 11 is 10.6. The van der Waals surface area contributed by atoms with Gasteiger partial charge in [-0.15, -0.1) is 0 Å². The highest BCUT2D eigenvalue weighted by Gasteiger charge is 2.03. The smallest absolute Gasteiger partial charge is 0.186 e. The van der Waals surface area contributed by atoms with Gasteiger partial charge in [0.15, 0.2) is 5.11 Å². The molecule has 0 fully saturated rings. The lowest BCUT2D eigenvalue weighted by atomic mass is 10.2. The lowest BCUT2D eigenvalue weighted by Crippen LogP contribution is -2.26. The number of benzene rings is 1. The second kappa shape index (κ2) is 5.86. The third-order valence-electron chi connectivity index (χ3n) is 2.43. The Hall–Kier alpha value is -1.85. The van der Waals surface area contributed by atoms with Gasteiger partial charge in [-0.05, 0) is 48.6 Å². The minimum atomic E-state index is 0.195. The zero-order chi connectivity index (χ0) is 13.8. The van der Waals surface area contributed by atoms with E-state index in [2.05, 4.69) is 5.10 Å². The molecule has 0 atom stereocenters. The maximum atomic E-state index is 5.84. The second-order valence-corrected chi connectivity index (χ2v) is 4.67. The molecule has 1 heterocycles. The van der Waals surface area contributed by atoms with E-state index in [-0.39, 0.29) is 5.11 Å². The average Bonchev–Trinajstić information content (AvgIpc) is 2.85. The first kappa shape index (κ1) is 13.6. The van der Waals surface area contributed by atoms with E-state index in [1.54, 1.807) is 13.3 Å². The zero-order valence-electron chi connectivity index (χ0n) is 10.2. The van der Waals surface area contributed by atoms with Crippen LogP contribution in [-0.2, 0) is 0 Å². The maximum Gasteiger partial charge on any atom is 0.186 e. The summed E-state index contributed by atoms with van der Waals surface area (Å²) in [5.41, 5.74) is 6.36. The van der Waals surface area contributed by atoms with Gasteiger partial charge in [-0.25, -0.2) is 5.01 Å². The quantitative estimate of drug-likeness (QED) is 0.537. The Kier molecular flexibility index (Phi) is 4.19. The Balaban J connectivity index is 2.15. The molecule has 0 saturated heterocycles. The third-order valence-corrected chi connectivity index (χ3v) is 2.95. The molecule has 0 amide bonds. The van der Waals surface area contributed by atoms with Crippen molar-refractivity contribution in [3.8, 4) is 11.3 Å². The Labute approximate surface area is 121 Å². The van der Waals surface area contributed by atoms with E-state index in [0.29, 0.717) is 10.8 Å². The first-order chi connectivity index (χ1) is 9.06. The maximum absolute atomic E-state index is 5.84. The third kappa shape index (κ3) is 3.56. The van der Waals surface area contributed by atoms with E-state index in [4.69, 9.17) is 34.0 Å². The summed E-state index contributed by atoms with van der Waals surface area (Å²) in [5, 5.41) is 6.32. The van der Waals surface area contributed by atoms with Gasteiger partial charge in [0.1, 0.15) is 11.5 Å². The highest BCUT2D eigenvalue weighted by Crippen LogP contribution is 2.23. The first-order valence-corrected chi connectivity index (χ1v) is 6.28. The molecule has 0 aliphatic carbocycles. The highest BCUT2D eigenvalue weighted by molar-refractivity contribution is 7.80. The molecule has 6 heteroatoms. The largest absolute Gasteiger partial charge is 0.455 e. The molecule has 0 radical (unpaired) electrons. The van der Waals surface area contributed by atoms with Crippen LogP contribution >= 0.6 is 23.8 Å². The van der Waals surface area contributed by atoms with E-state index in [1.807, 2.05) is 36.4 Å². The zero-order valence-corrected chi connectivity index (χ0v) is 11.8. The van der Waals surface area contributed by atoms with Crippen LogP contribution in [0.2, 0.25) is 5.02 Å². The van der Waals surface area contributed by atoms with Crippen LogP contribution < -0.4 is 5.73 Å². The summed E-state index contributed by atoms with van der Waals surface area (Å²) in [6.45, 7) is 0. The monoisotopic (exact) mass is 293 g/mol. The van der Waals surface area contributed by atoms with E-state index in [9.17, 15) is 0 Å². The molecular formula is C13H12ClN3OS. The number of furan rings is 1. The van der Waals surface area contributed by atoms with Crippen molar-refractivity contribution in [3.63, 3.8) is 0 Å². The van der Waals surface area contributed by atoms with Crippen LogP contribution in [0.5, 0.6) is 0 Å². The highest BCUT2D eigenvalue weighted by atomic mass is 35.5. The van der Waals surface area contributed by atoms with Gasteiger partial charge in [0.2, 0.25) is 0 Å². The molecule has 0 aliphatic rings. The van der Waals surface area contributed by atoms with Crippen LogP contribution in [0.25, 0.3) is 11.3 Å². The molecule has 2 rings (SSSR count). The number of nitrogens with zero attached hydrogens (tertiary/aromatic N) is 2. The standard InChI is InChI=1S/C13H12ClN3OS/c1-17(13(15)19)16-8-11-6-7-12(18-11)9-2-4-10(14)5-3-9/h2-8H,1H3,(H2,15,19). The molecule has 0 unspecified atom stereocenters. The minimum absolute atomic E-state index is 0.195. The molecule has 98 valence electrons. The predicted octanol–water partition coefficient (Wildman–Crippen LogP) is 3.11. The molecule has 4 nitrogen and oxygen atoms in total. The van der Waals surface area contributed by atoms with E-state index in [0.717, 1.165) is 11.3 Å². The van der Waals surface area contributed by atoms with Crippen molar-refractivity contribution in [2.24, 2.45) is 10.8 Å².